The molecule has 0 aliphatic rings. The van der Waals surface area contributed by atoms with E-state index in [9.17, 15) is 26.8 Å². The number of hydrogen-bond acceptors (Lipinski definition) is 6. The average Bonchev–Trinajstić information content (AvgIpc) is 2.82. The normalized spacial score (nSPS) is 10.7. The molecule has 3 rings (SSSR count). The molecule has 192 valence electrons. The lowest BCUT2D eigenvalue weighted by Crippen LogP contribution is -2.16. The van der Waals surface area contributed by atoms with E-state index in [0.29, 0.717) is 30.1 Å². The van der Waals surface area contributed by atoms with Gasteiger partial charge in [0.05, 0.1) is 28.4 Å². The second kappa shape index (κ2) is 12.3. The number of anilines is 3. The monoisotopic (exact) mass is 539 g/mol. The fourth-order valence-corrected chi connectivity index (χ4v) is 4.17. The van der Waals surface area contributed by atoms with Gasteiger partial charge >= 0.3 is 5.97 Å². The molecule has 0 saturated heterocycles. The Morgan fingerprint density at radius 3 is 2.31 bits per heavy atom. The molecule has 0 spiro atoms. The number of benzene rings is 3. The second-order valence-electron chi connectivity index (χ2n) is 7.23. The van der Waals surface area contributed by atoms with Crippen LogP contribution in [0, 0.1) is 11.6 Å². The minimum Gasteiger partial charge on any atom is -0.462 e. The van der Waals surface area contributed by atoms with Gasteiger partial charge in [0.15, 0.2) is 11.6 Å². The number of rotatable bonds is 9. The number of halogens is 3. The van der Waals surface area contributed by atoms with E-state index in [4.69, 9.17) is 4.74 Å². The minimum atomic E-state index is -4.24. The molecule has 0 bridgehead atoms. The van der Waals surface area contributed by atoms with E-state index in [1.807, 2.05) is 6.92 Å². The van der Waals surface area contributed by atoms with Gasteiger partial charge in [0.25, 0.3) is 15.9 Å². The Kier molecular flexibility index (Phi) is 9.76. The van der Waals surface area contributed by atoms with Crippen molar-refractivity contribution in [3.8, 4) is 0 Å². The summed E-state index contributed by atoms with van der Waals surface area (Å²) >= 11 is 0. The van der Waals surface area contributed by atoms with Gasteiger partial charge in [-0.25, -0.2) is 22.0 Å². The van der Waals surface area contributed by atoms with Crippen LogP contribution in [0.15, 0.2) is 65.6 Å². The number of hydrogen-bond donors (Lipinski definition) is 3. The first-order valence-electron chi connectivity index (χ1n) is 10.6. The van der Waals surface area contributed by atoms with Crippen LogP contribution in [0.25, 0.3) is 0 Å². The van der Waals surface area contributed by atoms with Gasteiger partial charge in [-0.2, -0.15) is 0 Å². The number of carbonyl (C=O) groups excluding carboxylic acids is 2. The molecule has 0 aliphatic heterocycles. The molecular weight excluding hydrogens is 516 g/mol. The molecule has 0 aliphatic carbocycles. The number of nitrogens with one attached hydrogen (secondary N) is 3. The van der Waals surface area contributed by atoms with Crippen molar-refractivity contribution in [2.45, 2.75) is 18.7 Å². The van der Waals surface area contributed by atoms with E-state index in [-0.39, 0.29) is 35.8 Å². The maximum Gasteiger partial charge on any atom is 0.338 e. The van der Waals surface area contributed by atoms with Crippen molar-refractivity contribution < 1.29 is 31.5 Å². The van der Waals surface area contributed by atoms with E-state index in [2.05, 4.69) is 15.4 Å². The molecule has 0 atom stereocenters. The van der Waals surface area contributed by atoms with Crippen molar-refractivity contribution >= 4 is 51.4 Å². The molecule has 3 aromatic carbocycles. The van der Waals surface area contributed by atoms with Gasteiger partial charge in [-0.3, -0.25) is 9.52 Å². The van der Waals surface area contributed by atoms with E-state index < -0.39 is 38.4 Å². The lowest BCUT2D eigenvalue weighted by Gasteiger charge is -2.14. The summed E-state index contributed by atoms with van der Waals surface area (Å²) in [6, 6.07) is 12.5. The van der Waals surface area contributed by atoms with Crippen molar-refractivity contribution in [3.05, 3.63) is 83.4 Å². The van der Waals surface area contributed by atoms with Crippen LogP contribution in [-0.2, 0) is 14.8 Å². The fraction of sp³-hybridized carbons (Fsp3) is 0.167. The molecule has 0 fully saturated rings. The molecule has 0 saturated carbocycles. The van der Waals surface area contributed by atoms with Gasteiger partial charge in [-0.05, 0) is 68.4 Å². The summed E-state index contributed by atoms with van der Waals surface area (Å²) in [5, 5.41) is 5.79. The van der Waals surface area contributed by atoms with Crippen LogP contribution >= 0.6 is 12.4 Å². The van der Waals surface area contributed by atoms with E-state index >= 15 is 0 Å². The minimum absolute atomic E-state index is 0. The van der Waals surface area contributed by atoms with Gasteiger partial charge in [0.2, 0.25) is 0 Å². The first-order chi connectivity index (χ1) is 16.6. The highest BCUT2D eigenvalue weighted by Crippen LogP contribution is 2.25. The summed E-state index contributed by atoms with van der Waals surface area (Å²) in [6.07, 6.45) is 0. The summed E-state index contributed by atoms with van der Waals surface area (Å²) in [4.78, 5) is 24.5. The number of carbonyl (C=O) groups is 2. The van der Waals surface area contributed by atoms with Crippen LogP contribution in [-0.4, -0.2) is 33.4 Å². The highest BCUT2D eigenvalue weighted by atomic mass is 35.5. The zero-order valence-corrected chi connectivity index (χ0v) is 20.9. The van der Waals surface area contributed by atoms with Crippen molar-refractivity contribution in [2.24, 2.45) is 0 Å². The Hall–Kier alpha value is -3.70. The Balaban J connectivity index is 0.00000456. The van der Waals surface area contributed by atoms with Gasteiger partial charge in [-0.15, -0.1) is 12.4 Å². The molecule has 0 aromatic heterocycles. The maximum atomic E-state index is 13.5. The zero-order valence-electron chi connectivity index (χ0n) is 19.3. The molecule has 3 aromatic rings. The molecule has 0 unspecified atom stereocenters. The third-order valence-corrected chi connectivity index (χ3v) is 6.10. The Morgan fingerprint density at radius 2 is 1.64 bits per heavy atom. The SMILES string of the molecule is CCNc1ccc(C(=O)OCC)cc1NC(=O)c1cccc(NS(=O)(=O)c2ccc(F)c(F)c2)c1.Cl. The van der Waals surface area contributed by atoms with Crippen molar-refractivity contribution in [1.29, 1.82) is 0 Å². The highest BCUT2D eigenvalue weighted by Gasteiger charge is 2.18. The van der Waals surface area contributed by atoms with Crippen molar-refractivity contribution in [2.75, 3.05) is 28.5 Å². The van der Waals surface area contributed by atoms with Gasteiger partial charge < -0.3 is 15.4 Å². The fourth-order valence-electron chi connectivity index (χ4n) is 3.11. The Labute approximate surface area is 213 Å². The first-order valence-corrected chi connectivity index (χ1v) is 12.1. The summed E-state index contributed by atoms with van der Waals surface area (Å²) in [6.45, 7) is 4.31. The zero-order chi connectivity index (χ0) is 25.6. The summed E-state index contributed by atoms with van der Waals surface area (Å²) in [7, 11) is -4.24. The molecule has 1 amide bonds. The Bertz CT molecular complexity index is 1370. The van der Waals surface area contributed by atoms with E-state index in [1.165, 1.54) is 30.3 Å². The first kappa shape index (κ1) is 28.5. The predicted octanol–water partition coefficient (Wildman–Crippen LogP) is 5.05. The third-order valence-electron chi connectivity index (χ3n) is 4.72. The smallest absolute Gasteiger partial charge is 0.338 e. The number of esters is 1. The largest absolute Gasteiger partial charge is 0.462 e. The maximum absolute atomic E-state index is 13.5. The van der Waals surface area contributed by atoms with Gasteiger partial charge in [0.1, 0.15) is 0 Å². The highest BCUT2D eigenvalue weighted by molar-refractivity contribution is 7.92. The number of ether oxygens (including phenoxy) is 1. The topological polar surface area (TPSA) is 114 Å². The average molecular weight is 540 g/mol. The van der Waals surface area contributed by atoms with Gasteiger partial charge in [0, 0.05) is 17.8 Å². The van der Waals surface area contributed by atoms with Gasteiger partial charge in [-0.1, -0.05) is 6.07 Å². The summed E-state index contributed by atoms with van der Waals surface area (Å²) < 4.78 is 59.0. The van der Waals surface area contributed by atoms with Crippen molar-refractivity contribution in [1.82, 2.24) is 0 Å². The number of amides is 1. The molecule has 8 nitrogen and oxygen atoms in total. The van der Waals surface area contributed by atoms with Crippen LogP contribution in [0.3, 0.4) is 0 Å². The van der Waals surface area contributed by atoms with E-state index in [0.717, 1.165) is 6.07 Å². The van der Waals surface area contributed by atoms with Crippen LogP contribution in [0.2, 0.25) is 0 Å². The number of sulfonamides is 1. The van der Waals surface area contributed by atoms with E-state index in [1.54, 1.807) is 19.1 Å². The summed E-state index contributed by atoms with van der Waals surface area (Å²) in [5.41, 5.74) is 1.30. The third kappa shape index (κ3) is 6.92. The lowest BCUT2D eigenvalue weighted by molar-refractivity contribution is 0.0526. The predicted molar refractivity (Wildman–Crippen MR) is 135 cm³/mol. The molecule has 36 heavy (non-hydrogen) atoms. The molecule has 3 N–H and O–H groups in total. The molecular formula is C24H24ClF2N3O5S. The van der Waals surface area contributed by atoms with Crippen LogP contribution in [0.4, 0.5) is 25.8 Å². The molecule has 0 radical (unpaired) electrons. The Morgan fingerprint density at radius 1 is 0.889 bits per heavy atom. The quantitative estimate of drug-likeness (QED) is 0.328. The van der Waals surface area contributed by atoms with Crippen molar-refractivity contribution in [3.63, 3.8) is 0 Å². The van der Waals surface area contributed by atoms with Crippen LogP contribution < -0.4 is 15.4 Å². The standard InChI is InChI=1S/C24H23F2N3O5S.ClH/c1-3-27-21-11-8-16(24(31)34-4-2)13-22(21)28-23(30)15-6-5-7-17(12-15)29-35(32,33)18-9-10-19(25)20(26)14-18;/h5-14,27,29H,3-4H2,1-2H3,(H,28,30);1H. The molecule has 0 heterocycles. The second-order valence-corrected chi connectivity index (χ2v) is 8.91. The molecule has 12 heteroatoms. The summed E-state index contributed by atoms with van der Waals surface area (Å²) in [5.74, 6) is -3.59. The lowest BCUT2D eigenvalue weighted by atomic mass is 10.1. The van der Waals surface area contributed by atoms with Crippen LogP contribution in [0.1, 0.15) is 34.6 Å². The van der Waals surface area contributed by atoms with Crippen LogP contribution in [0.5, 0.6) is 0 Å².